The maximum atomic E-state index is 14.4. The van der Waals surface area contributed by atoms with Crippen molar-refractivity contribution >= 4 is 10.9 Å². The molecule has 37 heavy (non-hydrogen) atoms. The van der Waals surface area contributed by atoms with Crippen LogP contribution in [0.25, 0.3) is 10.9 Å². The fraction of sp³-hybridized carbons (Fsp3) is 0.750. The molecule has 202 valence electrons. The van der Waals surface area contributed by atoms with Gasteiger partial charge in [-0.05, 0) is 123 Å². The van der Waals surface area contributed by atoms with Crippen LogP contribution in [0, 0.1) is 59.1 Å². The van der Waals surface area contributed by atoms with Gasteiger partial charge < -0.3 is 10.2 Å². The number of aryl methyl sites for hydroxylation is 2. The normalized spacial score (nSPS) is 42.2. The van der Waals surface area contributed by atoms with Crippen molar-refractivity contribution in [1.82, 2.24) is 9.97 Å². The third-order valence-corrected chi connectivity index (χ3v) is 12.3. The summed E-state index contributed by atoms with van der Waals surface area (Å²) in [7, 11) is 0. The average Bonchev–Trinajstić information content (AvgIpc) is 3.25. The minimum absolute atomic E-state index is 0.0249. The van der Waals surface area contributed by atoms with E-state index >= 15 is 0 Å². The van der Waals surface area contributed by atoms with E-state index in [9.17, 15) is 14.6 Å². The molecule has 10 atom stereocenters. The Morgan fingerprint density at radius 1 is 1.05 bits per heavy atom. The highest BCUT2D eigenvalue weighted by Crippen LogP contribution is 2.68. The lowest BCUT2D eigenvalue weighted by Gasteiger charge is -2.62. The summed E-state index contributed by atoms with van der Waals surface area (Å²) in [4.78, 5) is 9.18. The summed E-state index contributed by atoms with van der Waals surface area (Å²) in [5.74, 6) is 4.07. The average molecular weight is 509 g/mol. The maximum Gasteiger partial charge on any atom is 0.137 e. The van der Waals surface area contributed by atoms with Crippen molar-refractivity contribution in [1.29, 1.82) is 0 Å². The molecule has 0 bridgehead atoms. The van der Waals surface area contributed by atoms with E-state index < -0.39 is 0 Å². The van der Waals surface area contributed by atoms with Gasteiger partial charge in [0.05, 0.1) is 23.1 Å². The van der Waals surface area contributed by atoms with E-state index in [-0.39, 0.29) is 28.9 Å². The number of rotatable bonds is 4. The Labute approximate surface area is 221 Å². The Hall–Kier alpha value is -1.59. The summed E-state index contributed by atoms with van der Waals surface area (Å²) in [5, 5.41) is 22.6. The Morgan fingerprint density at radius 3 is 2.68 bits per heavy atom. The minimum Gasteiger partial charge on any atom is -0.393 e. The SMILES string of the molecule is Cc1ccc2nc(CC[C@@H](C)[C@H]3CC[C@H]4[C@@H]5CC[C@@H]6C[C@H](O)CC[C@]6(C)C5C[C@H](O)[C@]34C)ncc2c1F. The van der Waals surface area contributed by atoms with Crippen molar-refractivity contribution in [2.45, 2.75) is 104 Å². The smallest absolute Gasteiger partial charge is 0.137 e. The fourth-order valence-electron chi connectivity index (χ4n) is 10.1. The highest BCUT2D eigenvalue weighted by Gasteiger charge is 2.63. The summed E-state index contributed by atoms with van der Waals surface area (Å²) in [6.07, 6.45) is 11.9. The molecule has 1 heterocycles. The van der Waals surface area contributed by atoms with Crippen LogP contribution in [0.3, 0.4) is 0 Å². The molecule has 1 aromatic heterocycles. The molecule has 2 aromatic rings. The molecule has 0 aliphatic heterocycles. The van der Waals surface area contributed by atoms with E-state index in [4.69, 9.17) is 0 Å². The van der Waals surface area contributed by atoms with Gasteiger partial charge in [0, 0.05) is 12.6 Å². The number of benzene rings is 1. The van der Waals surface area contributed by atoms with Gasteiger partial charge >= 0.3 is 0 Å². The summed E-state index contributed by atoms with van der Waals surface area (Å²) >= 11 is 0. The van der Waals surface area contributed by atoms with Crippen molar-refractivity contribution in [3.8, 4) is 0 Å². The molecule has 5 heteroatoms. The first-order valence-electron chi connectivity index (χ1n) is 14.9. The predicted octanol–water partition coefficient (Wildman–Crippen LogP) is 6.64. The quantitative estimate of drug-likeness (QED) is 0.486. The molecule has 6 rings (SSSR count). The van der Waals surface area contributed by atoms with Crippen LogP contribution in [0.5, 0.6) is 0 Å². The zero-order valence-electron chi connectivity index (χ0n) is 23.1. The lowest BCUT2D eigenvalue weighted by atomic mass is 9.43. The van der Waals surface area contributed by atoms with Gasteiger partial charge in [0.2, 0.25) is 0 Å². The zero-order valence-corrected chi connectivity index (χ0v) is 23.1. The van der Waals surface area contributed by atoms with E-state index in [1.165, 1.54) is 25.7 Å². The van der Waals surface area contributed by atoms with Crippen molar-refractivity contribution < 1.29 is 14.6 Å². The number of nitrogens with zero attached hydrogens (tertiary/aromatic N) is 2. The minimum atomic E-state index is -0.251. The number of hydrogen-bond donors (Lipinski definition) is 2. The van der Waals surface area contributed by atoms with E-state index in [0.29, 0.717) is 52.0 Å². The van der Waals surface area contributed by atoms with Crippen LogP contribution >= 0.6 is 0 Å². The zero-order chi connectivity index (χ0) is 26.1. The van der Waals surface area contributed by atoms with Crippen molar-refractivity contribution in [3.05, 3.63) is 35.5 Å². The van der Waals surface area contributed by atoms with Gasteiger partial charge in [0.1, 0.15) is 11.6 Å². The van der Waals surface area contributed by atoms with Crippen LogP contribution in [0.2, 0.25) is 0 Å². The molecule has 1 unspecified atom stereocenters. The van der Waals surface area contributed by atoms with Crippen molar-refractivity contribution in [2.75, 3.05) is 0 Å². The van der Waals surface area contributed by atoms with Gasteiger partial charge in [-0.15, -0.1) is 0 Å². The van der Waals surface area contributed by atoms with Crippen LogP contribution in [0.1, 0.15) is 89.9 Å². The summed E-state index contributed by atoms with van der Waals surface area (Å²) in [5.41, 5.74) is 1.56. The molecular weight excluding hydrogens is 463 g/mol. The molecule has 4 nitrogen and oxygen atoms in total. The molecule has 4 aliphatic carbocycles. The van der Waals surface area contributed by atoms with Crippen LogP contribution in [0.15, 0.2) is 18.3 Å². The topological polar surface area (TPSA) is 66.2 Å². The van der Waals surface area contributed by atoms with Gasteiger partial charge in [-0.1, -0.05) is 26.8 Å². The van der Waals surface area contributed by atoms with Crippen molar-refractivity contribution in [3.63, 3.8) is 0 Å². The molecule has 4 saturated carbocycles. The van der Waals surface area contributed by atoms with Gasteiger partial charge in [-0.25, -0.2) is 14.4 Å². The van der Waals surface area contributed by atoms with E-state index in [1.54, 1.807) is 19.2 Å². The second-order valence-electron chi connectivity index (χ2n) is 13.8. The Kier molecular flexibility index (Phi) is 6.42. The van der Waals surface area contributed by atoms with Crippen LogP contribution < -0.4 is 0 Å². The van der Waals surface area contributed by atoms with E-state index in [2.05, 4.69) is 30.7 Å². The first kappa shape index (κ1) is 25.7. The summed E-state index contributed by atoms with van der Waals surface area (Å²) in [6, 6.07) is 3.68. The third-order valence-electron chi connectivity index (χ3n) is 12.3. The second kappa shape index (κ2) is 9.26. The molecule has 0 amide bonds. The second-order valence-corrected chi connectivity index (χ2v) is 13.8. The van der Waals surface area contributed by atoms with E-state index in [1.807, 2.05) is 6.07 Å². The van der Waals surface area contributed by atoms with Gasteiger partial charge in [-0.3, -0.25) is 0 Å². The van der Waals surface area contributed by atoms with E-state index in [0.717, 1.165) is 44.3 Å². The molecule has 4 aliphatic rings. The molecule has 0 radical (unpaired) electrons. The van der Waals surface area contributed by atoms with Gasteiger partial charge in [0.25, 0.3) is 0 Å². The number of hydrogen-bond acceptors (Lipinski definition) is 4. The molecule has 1 aromatic carbocycles. The Morgan fingerprint density at radius 2 is 1.86 bits per heavy atom. The number of aliphatic hydroxyl groups excluding tert-OH is 2. The van der Waals surface area contributed by atoms with Crippen LogP contribution in [-0.4, -0.2) is 32.4 Å². The lowest BCUT2D eigenvalue weighted by Crippen LogP contribution is -2.58. The van der Waals surface area contributed by atoms with Crippen LogP contribution in [-0.2, 0) is 6.42 Å². The monoisotopic (exact) mass is 508 g/mol. The summed E-state index contributed by atoms with van der Waals surface area (Å²) in [6.45, 7) is 9.03. The standard InChI is InChI=1S/C32H45FN2O2/c1-18(6-12-29-34-17-23-27(35-29)11-5-19(2)30(23)33)24-9-10-25-22-8-7-20-15-21(36)13-14-31(20,3)26(22)16-28(37)32(24,25)4/h5,11,17-18,20-22,24-26,28,36-37H,6-10,12-16H2,1-4H3/t18-,20-,21-,22+,24-,25+,26?,28+,31+,32-/m1/s1. The largest absolute Gasteiger partial charge is 0.393 e. The fourth-order valence-corrected chi connectivity index (χ4v) is 10.1. The predicted molar refractivity (Wildman–Crippen MR) is 144 cm³/mol. The maximum absolute atomic E-state index is 14.4. The third kappa shape index (κ3) is 3.97. The summed E-state index contributed by atoms with van der Waals surface area (Å²) < 4.78 is 14.4. The number of halogens is 1. The van der Waals surface area contributed by atoms with Gasteiger partial charge in [-0.2, -0.15) is 0 Å². The highest BCUT2D eigenvalue weighted by atomic mass is 19.1. The molecule has 4 fully saturated rings. The molecule has 0 saturated heterocycles. The van der Waals surface area contributed by atoms with Crippen molar-refractivity contribution in [2.24, 2.45) is 46.3 Å². The lowest BCUT2D eigenvalue weighted by molar-refractivity contribution is -0.174. The molecule has 0 spiro atoms. The first-order chi connectivity index (χ1) is 17.6. The number of fused-ring (bicyclic) bond motifs is 6. The Balaban J connectivity index is 1.17. The highest BCUT2D eigenvalue weighted by molar-refractivity contribution is 5.79. The number of aromatic nitrogens is 2. The first-order valence-corrected chi connectivity index (χ1v) is 14.9. The molecule has 2 N–H and O–H groups in total. The molecular formula is C32H45FN2O2. The Bertz CT molecular complexity index is 1170. The number of aliphatic hydroxyl groups is 2. The van der Waals surface area contributed by atoms with Crippen LogP contribution in [0.4, 0.5) is 4.39 Å². The van der Waals surface area contributed by atoms with Gasteiger partial charge in [0.15, 0.2) is 0 Å².